The van der Waals surface area contributed by atoms with Crippen molar-refractivity contribution in [3.8, 4) is 16.2 Å². The highest BCUT2D eigenvalue weighted by molar-refractivity contribution is 7.98. The molecule has 0 radical (unpaired) electrons. The fourth-order valence-corrected chi connectivity index (χ4v) is 3.65. The molecule has 0 bridgehead atoms. The van der Waals surface area contributed by atoms with Gasteiger partial charge in [-0.2, -0.15) is 0 Å². The van der Waals surface area contributed by atoms with Gasteiger partial charge in [0, 0.05) is 11.1 Å². The normalized spacial score (nSPS) is 10.9. The zero-order valence-corrected chi connectivity index (χ0v) is 12.7. The molecule has 0 aliphatic heterocycles. The summed E-state index contributed by atoms with van der Waals surface area (Å²) >= 11 is 2.99. The maximum Gasteiger partial charge on any atom is 0.212 e. The molecule has 0 saturated carbocycles. The summed E-state index contributed by atoms with van der Waals surface area (Å²) in [5.74, 6) is 0.829. The maximum atomic E-state index is 12.3. The minimum atomic E-state index is 0.107. The van der Waals surface area contributed by atoms with Crippen molar-refractivity contribution in [1.29, 1.82) is 0 Å². The van der Waals surface area contributed by atoms with E-state index in [4.69, 9.17) is 4.74 Å². The second-order valence-corrected chi connectivity index (χ2v) is 6.17. The summed E-state index contributed by atoms with van der Waals surface area (Å²) in [6, 6.07) is 9.88. The maximum absolute atomic E-state index is 12.3. The molecule has 3 aromatic rings. The highest BCUT2D eigenvalue weighted by Gasteiger charge is 2.10. The molecule has 1 N–H and O–H groups in total. The predicted molar refractivity (Wildman–Crippen MR) is 86.2 cm³/mol. The van der Waals surface area contributed by atoms with Crippen molar-refractivity contribution in [2.45, 2.75) is 4.90 Å². The molecule has 1 aromatic carbocycles. The molecule has 2 aromatic heterocycles. The first-order chi connectivity index (χ1) is 9.72. The number of aromatic amines is 1. The summed E-state index contributed by atoms with van der Waals surface area (Å²) in [5, 5.41) is 0. The number of hydrogen-bond donors (Lipinski definition) is 1. The molecule has 3 nitrogen and oxygen atoms in total. The van der Waals surface area contributed by atoms with Gasteiger partial charge in [-0.05, 0) is 42.2 Å². The molecule has 0 amide bonds. The standard InChI is InChI=1S/C15H13NO2S2/c1-18-10-5-3-9(4-6-10)12-7-11-15(20-12)14(17)13(19-2)8-16-11/h3-8H,1-2H3,(H,16,17). The summed E-state index contributed by atoms with van der Waals surface area (Å²) in [6.07, 6.45) is 3.69. The largest absolute Gasteiger partial charge is 0.497 e. The molecule has 0 unspecified atom stereocenters. The minimum absolute atomic E-state index is 0.107. The molecule has 3 rings (SSSR count). The highest BCUT2D eigenvalue weighted by atomic mass is 32.2. The van der Waals surface area contributed by atoms with Gasteiger partial charge >= 0.3 is 0 Å². The monoisotopic (exact) mass is 303 g/mol. The first-order valence-corrected chi connectivity index (χ1v) is 8.10. The molecule has 102 valence electrons. The Bertz CT molecular complexity index is 803. The summed E-state index contributed by atoms with van der Waals surface area (Å²) in [7, 11) is 1.65. The van der Waals surface area contributed by atoms with Gasteiger partial charge in [0.25, 0.3) is 0 Å². The van der Waals surface area contributed by atoms with E-state index in [1.165, 1.54) is 23.1 Å². The third-order valence-electron chi connectivity index (χ3n) is 3.12. The van der Waals surface area contributed by atoms with Crippen LogP contribution in [0.1, 0.15) is 0 Å². The van der Waals surface area contributed by atoms with E-state index in [1.54, 1.807) is 13.3 Å². The van der Waals surface area contributed by atoms with Crippen LogP contribution in [0.4, 0.5) is 0 Å². The quantitative estimate of drug-likeness (QED) is 0.744. The lowest BCUT2D eigenvalue weighted by Gasteiger charge is -2.00. The lowest BCUT2D eigenvalue weighted by molar-refractivity contribution is 0.415. The Morgan fingerprint density at radius 2 is 2.00 bits per heavy atom. The van der Waals surface area contributed by atoms with Gasteiger partial charge in [-0.25, -0.2) is 0 Å². The molecule has 0 fully saturated rings. The number of thiophene rings is 1. The van der Waals surface area contributed by atoms with Crippen LogP contribution in [0.5, 0.6) is 5.75 Å². The highest BCUT2D eigenvalue weighted by Crippen LogP contribution is 2.32. The number of hydrogen-bond acceptors (Lipinski definition) is 4. The smallest absolute Gasteiger partial charge is 0.212 e. The van der Waals surface area contributed by atoms with E-state index in [9.17, 15) is 4.79 Å². The zero-order valence-electron chi connectivity index (χ0n) is 11.1. The van der Waals surface area contributed by atoms with Crippen LogP contribution in [-0.2, 0) is 0 Å². The number of aromatic nitrogens is 1. The average molecular weight is 303 g/mol. The Morgan fingerprint density at radius 1 is 1.25 bits per heavy atom. The first kappa shape index (κ1) is 13.3. The van der Waals surface area contributed by atoms with E-state index in [1.807, 2.05) is 36.6 Å². The van der Waals surface area contributed by atoms with Crippen LogP contribution in [0.25, 0.3) is 20.7 Å². The minimum Gasteiger partial charge on any atom is -0.497 e. The second-order valence-electron chi connectivity index (χ2n) is 4.27. The third-order valence-corrected chi connectivity index (χ3v) is 5.04. The summed E-state index contributed by atoms with van der Waals surface area (Å²) in [6.45, 7) is 0. The van der Waals surface area contributed by atoms with Crippen LogP contribution in [-0.4, -0.2) is 18.3 Å². The van der Waals surface area contributed by atoms with Crippen LogP contribution < -0.4 is 10.2 Å². The number of fused-ring (bicyclic) bond motifs is 1. The van der Waals surface area contributed by atoms with Gasteiger partial charge < -0.3 is 9.72 Å². The van der Waals surface area contributed by atoms with E-state index >= 15 is 0 Å². The van der Waals surface area contributed by atoms with Gasteiger partial charge in [-0.1, -0.05) is 0 Å². The predicted octanol–water partition coefficient (Wildman–Crippen LogP) is 3.99. The van der Waals surface area contributed by atoms with E-state index < -0.39 is 0 Å². The second kappa shape index (κ2) is 5.34. The lowest BCUT2D eigenvalue weighted by atomic mass is 10.2. The Labute approximate surface area is 124 Å². The van der Waals surface area contributed by atoms with Crippen LogP contribution in [0, 0.1) is 0 Å². The number of H-pyrrole nitrogens is 1. The number of rotatable bonds is 3. The molecular formula is C15H13NO2S2. The topological polar surface area (TPSA) is 42.1 Å². The van der Waals surface area contributed by atoms with Gasteiger partial charge in [-0.15, -0.1) is 23.1 Å². The van der Waals surface area contributed by atoms with Gasteiger partial charge in [-0.3, -0.25) is 4.79 Å². The summed E-state index contributed by atoms with van der Waals surface area (Å²) < 4.78 is 5.94. The van der Waals surface area contributed by atoms with E-state index in [0.29, 0.717) is 0 Å². The van der Waals surface area contributed by atoms with Crippen molar-refractivity contribution < 1.29 is 4.74 Å². The fraction of sp³-hybridized carbons (Fsp3) is 0.133. The summed E-state index contributed by atoms with van der Waals surface area (Å²) in [4.78, 5) is 17.3. The number of benzene rings is 1. The number of nitrogens with one attached hydrogen (secondary N) is 1. The Kier molecular flexibility index (Phi) is 3.54. The van der Waals surface area contributed by atoms with Crippen LogP contribution in [0.15, 0.2) is 46.2 Å². The zero-order chi connectivity index (χ0) is 14.1. The van der Waals surface area contributed by atoms with E-state index in [2.05, 4.69) is 4.98 Å². The van der Waals surface area contributed by atoms with Crippen LogP contribution >= 0.6 is 23.1 Å². The van der Waals surface area contributed by atoms with Crippen molar-refractivity contribution in [1.82, 2.24) is 4.98 Å². The summed E-state index contributed by atoms with van der Waals surface area (Å²) in [5.41, 5.74) is 2.09. The molecule has 5 heteroatoms. The molecule has 0 aliphatic carbocycles. The molecule has 0 saturated heterocycles. The molecule has 2 heterocycles. The molecular weight excluding hydrogens is 290 g/mol. The number of methoxy groups -OCH3 is 1. The molecule has 0 spiro atoms. The van der Waals surface area contributed by atoms with Gasteiger partial charge in [0.2, 0.25) is 5.43 Å². The van der Waals surface area contributed by atoms with Gasteiger partial charge in [0.15, 0.2) is 0 Å². The van der Waals surface area contributed by atoms with Gasteiger partial charge in [0.05, 0.1) is 22.2 Å². The van der Waals surface area contributed by atoms with Crippen molar-refractivity contribution >= 4 is 33.3 Å². The SMILES string of the molecule is COc1ccc(-c2cc3[nH]cc(SC)c(=O)c3s2)cc1. The fourth-order valence-electron chi connectivity index (χ4n) is 2.04. The number of pyridine rings is 1. The molecule has 0 atom stereocenters. The van der Waals surface area contributed by atoms with Crippen molar-refractivity contribution in [3.05, 3.63) is 46.8 Å². The molecule has 20 heavy (non-hydrogen) atoms. The lowest BCUT2D eigenvalue weighted by Crippen LogP contribution is -2.02. The first-order valence-electron chi connectivity index (χ1n) is 6.06. The van der Waals surface area contributed by atoms with Crippen molar-refractivity contribution in [2.75, 3.05) is 13.4 Å². The van der Waals surface area contributed by atoms with Crippen molar-refractivity contribution in [2.24, 2.45) is 0 Å². The number of ether oxygens (including phenoxy) is 1. The molecule has 0 aliphatic rings. The van der Waals surface area contributed by atoms with E-state index in [0.717, 1.165) is 31.3 Å². The van der Waals surface area contributed by atoms with Gasteiger partial charge in [0.1, 0.15) is 5.75 Å². The van der Waals surface area contributed by atoms with Crippen molar-refractivity contribution in [3.63, 3.8) is 0 Å². The number of thioether (sulfide) groups is 1. The Morgan fingerprint density at radius 3 is 2.65 bits per heavy atom. The average Bonchev–Trinajstić information content (AvgIpc) is 2.93. The Balaban J connectivity index is 2.12. The van der Waals surface area contributed by atoms with Crippen LogP contribution in [0.3, 0.4) is 0 Å². The van der Waals surface area contributed by atoms with E-state index in [-0.39, 0.29) is 5.43 Å². The third kappa shape index (κ3) is 2.23. The van der Waals surface area contributed by atoms with Crippen LogP contribution in [0.2, 0.25) is 0 Å². The Hall–Kier alpha value is -1.72.